The topological polar surface area (TPSA) is 78.9 Å². The number of amides is 2. The van der Waals surface area contributed by atoms with Gasteiger partial charge in [0.15, 0.2) is 0 Å². The highest BCUT2D eigenvalue weighted by atomic mass is 16.6. The number of carbonyl (C=O) groups is 2. The largest absolute Gasteiger partial charge is 0.465 e. The maximum absolute atomic E-state index is 11.4. The van der Waals surface area contributed by atoms with E-state index in [1.807, 2.05) is 20.8 Å². The van der Waals surface area contributed by atoms with Crippen LogP contribution in [0, 0.1) is 5.92 Å². The highest BCUT2D eigenvalue weighted by molar-refractivity contribution is 5.67. The maximum Gasteiger partial charge on any atom is 0.407 e. The molecule has 1 fully saturated rings. The minimum atomic E-state index is -0.867. The van der Waals surface area contributed by atoms with Crippen LogP contribution in [0.1, 0.15) is 33.6 Å². The molecule has 1 saturated heterocycles. The van der Waals surface area contributed by atoms with Crippen LogP contribution in [0.3, 0.4) is 0 Å². The van der Waals surface area contributed by atoms with Gasteiger partial charge in [-0.25, -0.2) is 9.59 Å². The summed E-state index contributed by atoms with van der Waals surface area (Å²) in [6.45, 7) is 7.07. The molecule has 1 aliphatic heterocycles. The van der Waals surface area contributed by atoms with Gasteiger partial charge in [0.25, 0.3) is 0 Å². The van der Waals surface area contributed by atoms with E-state index >= 15 is 0 Å². The van der Waals surface area contributed by atoms with E-state index in [0.717, 1.165) is 12.8 Å². The summed E-state index contributed by atoms with van der Waals surface area (Å²) in [5.74, 6) is 0.327. The second kappa shape index (κ2) is 5.93. The highest BCUT2D eigenvalue weighted by Crippen LogP contribution is 2.16. The number of alkyl carbamates (subject to hydrolysis) is 1. The molecule has 1 heterocycles. The summed E-state index contributed by atoms with van der Waals surface area (Å²) in [7, 11) is 0. The first-order chi connectivity index (χ1) is 8.28. The third-order valence-corrected chi connectivity index (χ3v) is 2.82. The normalized spacial score (nSPS) is 17.4. The Morgan fingerprint density at radius 2 is 1.89 bits per heavy atom. The van der Waals surface area contributed by atoms with Crippen molar-refractivity contribution in [3.05, 3.63) is 0 Å². The molecule has 6 heteroatoms. The Hall–Kier alpha value is -1.46. The molecule has 104 valence electrons. The van der Waals surface area contributed by atoms with Crippen LogP contribution < -0.4 is 5.32 Å². The van der Waals surface area contributed by atoms with E-state index in [0.29, 0.717) is 25.6 Å². The van der Waals surface area contributed by atoms with Gasteiger partial charge in [-0.05, 0) is 39.5 Å². The first-order valence-electron chi connectivity index (χ1n) is 6.22. The zero-order chi connectivity index (χ0) is 13.8. The molecule has 0 aromatic rings. The highest BCUT2D eigenvalue weighted by Gasteiger charge is 2.23. The summed E-state index contributed by atoms with van der Waals surface area (Å²) in [5, 5.41) is 11.5. The number of hydrogen-bond acceptors (Lipinski definition) is 3. The molecule has 2 N–H and O–H groups in total. The lowest BCUT2D eigenvalue weighted by atomic mass is 9.97. The van der Waals surface area contributed by atoms with Gasteiger partial charge in [0.2, 0.25) is 0 Å². The summed E-state index contributed by atoms with van der Waals surface area (Å²) in [5.41, 5.74) is -0.489. The van der Waals surface area contributed by atoms with Crippen LogP contribution in [0.5, 0.6) is 0 Å². The van der Waals surface area contributed by atoms with Crippen LogP contribution in [-0.2, 0) is 4.74 Å². The predicted molar refractivity (Wildman–Crippen MR) is 66.6 cm³/mol. The Morgan fingerprint density at radius 1 is 1.33 bits per heavy atom. The van der Waals surface area contributed by atoms with Crippen molar-refractivity contribution >= 4 is 12.2 Å². The Labute approximate surface area is 107 Å². The fraction of sp³-hybridized carbons (Fsp3) is 0.833. The van der Waals surface area contributed by atoms with Gasteiger partial charge in [0, 0.05) is 19.6 Å². The molecule has 6 nitrogen and oxygen atoms in total. The molecule has 2 amide bonds. The fourth-order valence-corrected chi connectivity index (χ4v) is 1.87. The Kier molecular flexibility index (Phi) is 4.81. The van der Waals surface area contributed by atoms with E-state index in [9.17, 15) is 9.59 Å². The smallest absolute Gasteiger partial charge is 0.407 e. The van der Waals surface area contributed by atoms with Crippen LogP contribution in [-0.4, -0.2) is 47.4 Å². The molecule has 1 rings (SSSR count). The molecule has 0 radical (unpaired) electrons. The molecule has 0 unspecified atom stereocenters. The molecule has 0 aliphatic carbocycles. The number of nitrogens with one attached hydrogen (secondary N) is 1. The van der Waals surface area contributed by atoms with Crippen molar-refractivity contribution in [1.82, 2.24) is 10.2 Å². The van der Waals surface area contributed by atoms with E-state index in [1.165, 1.54) is 4.90 Å². The van der Waals surface area contributed by atoms with Crippen LogP contribution >= 0.6 is 0 Å². The molecule has 0 atom stereocenters. The molecule has 0 bridgehead atoms. The van der Waals surface area contributed by atoms with Crippen molar-refractivity contribution in [3.8, 4) is 0 Å². The molecule has 0 saturated carbocycles. The molecule has 18 heavy (non-hydrogen) atoms. The number of rotatable bonds is 2. The third-order valence-electron chi connectivity index (χ3n) is 2.82. The van der Waals surface area contributed by atoms with Crippen molar-refractivity contribution in [1.29, 1.82) is 0 Å². The predicted octanol–water partition coefficient (Wildman–Crippen LogP) is 1.90. The number of hydrogen-bond donors (Lipinski definition) is 2. The first kappa shape index (κ1) is 14.6. The van der Waals surface area contributed by atoms with Gasteiger partial charge >= 0.3 is 12.2 Å². The zero-order valence-electron chi connectivity index (χ0n) is 11.2. The average Bonchev–Trinajstić information content (AvgIpc) is 2.24. The van der Waals surface area contributed by atoms with Gasteiger partial charge in [-0.3, -0.25) is 0 Å². The minimum absolute atomic E-state index is 0.327. The molecule has 1 aliphatic rings. The monoisotopic (exact) mass is 258 g/mol. The fourth-order valence-electron chi connectivity index (χ4n) is 1.87. The van der Waals surface area contributed by atoms with Gasteiger partial charge in [-0.1, -0.05) is 0 Å². The number of likely N-dealkylation sites (tertiary alicyclic amines) is 1. The van der Waals surface area contributed by atoms with Crippen LogP contribution in [0.25, 0.3) is 0 Å². The Balaban J connectivity index is 2.22. The lowest BCUT2D eigenvalue weighted by Crippen LogP contribution is -2.41. The maximum atomic E-state index is 11.4. The number of piperidine rings is 1. The molecule has 0 aromatic carbocycles. The van der Waals surface area contributed by atoms with Crippen molar-refractivity contribution in [3.63, 3.8) is 0 Å². The number of nitrogens with zero attached hydrogens (tertiary/aromatic N) is 1. The Bertz CT molecular complexity index is 304. The summed E-state index contributed by atoms with van der Waals surface area (Å²) >= 11 is 0. The molecule has 0 aromatic heterocycles. The first-order valence-corrected chi connectivity index (χ1v) is 6.22. The van der Waals surface area contributed by atoms with Crippen LogP contribution in [0.15, 0.2) is 0 Å². The van der Waals surface area contributed by atoms with Gasteiger partial charge in [-0.2, -0.15) is 0 Å². The van der Waals surface area contributed by atoms with Crippen molar-refractivity contribution < 1.29 is 19.4 Å². The number of carbonyl (C=O) groups excluding carboxylic acids is 1. The summed E-state index contributed by atoms with van der Waals surface area (Å²) in [4.78, 5) is 23.6. The summed E-state index contributed by atoms with van der Waals surface area (Å²) < 4.78 is 5.13. The van der Waals surface area contributed by atoms with Crippen molar-refractivity contribution in [2.75, 3.05) is 19.6 Å². The van der Waals surface area contributed by atoms with Gasteiger partial charge in [-0.15, -0.1) is 0 Å². The van der Waals surface area contributed by atoms with Crippen molar-refractivity contribution in [2.45, 2.75) is 39.2 Å². The SMILES string of the molecule is CC(C)(C)OC(=O)NCC1CCN(C(=O)O)CC1. The van der Waals surface area contributed by atoms with Gasteiger partial charge in [0.1, 0.15) is 5.60 Å². The standard InChI is InChI=1S/C12H22N2O4/c1-12(2,3)18-10(15)13-8-9-4-6-14(7-5-9)11(16)17/h9H,4-8H2,1-3H3,(H,13,15)(H,16,17). The Morgan fingerprint density at radius 3 is 2.33 bits per heavy atom. The van der Waals surface area contributed by atoms with E-state index in [1.54, 1.807) is 0 Å². The number of ether oxygens (including phenoxy) is 1. The van der Waals surface area contributed by atoms with Crippen LogP contribution in [0.4, 0.5) is 9.59 Å². The molecule has 0 spiro atoms. The molecular formula is C12H22N2O4. The average molecular weight is 258 g/mol. The van der Waals surface area contributed by atoms with Gasteiger partial charge < -0.3 is 20.1 Å². The second-order valence-electron chi connectivity index (χ2n) is 5.60. The molecular weight excluding hydrogens is 236 g/mol. The lowest BCUT2D eigenvalue weighted by Gasteiger charge is -2.30. The van der Waals surface area contributed by atoms with E-state index in [-0.39, 0.29) is 0 Å². The lowest BCUT2D eigenvalue weighted by molar-refractivity contribution is 0.0508. The quantitative estimate of drug-likeness (QED) is 0.793. The number of carboxylic acid groups (broad SMARTS) is 1. The van der Waals surface area contributed by atoms with Crippen LogP contribution in [0.2, 0.25) is 0 Å². The summed E-state index contributed by atoms with van der Waals surface area (Å²) in [6, 6.07) is 0. The van der Waals surface area contributed by atoms with Crippen molar-refractivity contribution in [2.24, 2.45) is 5.92 Å². The zero-order valence-corrected chi connectivity index (χ0v) is 11.2. The second-order valence-corrected chi connectivity index (χ2v) is 5.60. The minimum Gasteiger partial charge on any atom is -0.465 e. The van der Waals surface area contributed by atoms with Gasteiger partial charge in [0.05, 0.1) is 0 Å². The van der Waals surface area contributed by atoms with E-state index in [4.69, 9.17) is 9.84 Å². The van der Waals surface area contributed by atoms with E-state index < -0.39 is 17.8 Å². The summed E-state index contributed by atoms with van der Waals surface area (Å²) in [6.07, 6.45) is 0.279. The third kappa shape index (κ3) is 5.25. The van der Waals surface area contributed by atoms with E-state index in [2.05, 4.69) is 5.32 Å².